The molecule has 1 rings (SSSR count). The molecule has 0 unspecified atom stereocenters. The van der Waals surface area contributed by atoms with Crippen LogP contribution < -0.4 is 11.1 Å². The van der Waals surface area contributed by atoms with E-state index in [0.29, 0.717) is 17.4 Å². The molecule has 0 aliphatic rings. The fourth-order valence-corrected chi connectivity index (χ4v) is 1.71. The zero-order chi connectivity index (χ0) is 12.8. The van der Waals surface area contributed by atoms with E-state index in [-0.39, 0.29) is 0 Å². The van der Waals surface area contributed by atoms with Crippen molar-refractivity contribution in [1.29, 1.82) is 0 Å². The molecule has 0 aromatic carbocycles. The van der Waals surface area contributed by atoms with E-state index >= 15 is 0 Å². The van der Waals surface area contributed by atoms with Crippen molar-refractivity contribution in [2.45, 2.75) is 20.3 Å². The molecule has 1 heterocycles. The van der Waals surface area contributed by atoms with Crippen LogP contribution >= 0.6 is 12.2 Å². The van der Waals surface area contributed by atoms with Crippen molar-refractivity contribution in [1.82, 2.24) is 10.2 Å². The predicted octanol–water partition coefficient (Wildman–Crippen LogP) is 1.18. The summed E-state index contributed by atoms with van der Waals surface area (Å²) in [5, 5.41) is 11.3. The average Bonchev–Trinajstić information content (AvgIpc) is 2.28. The molecule has 94 valence electrons. The number of thiocarbonyl (C=S) groups is 1. The normalized spacial score (nSPS) is 10.3. The molecule has 5 nitrogen and oxygen atoms in total. The third-order valence-corrected chi connectivity index (χ3v) is 2.72. The number of hydrogen-bond donors (Lipinski definition) is 2. The van der Waals surface area contributed by atoms with Crippen molar-refractivity contribution in [3.63, 3.8) is 0 Å². The maximum absolute atomic E-state index is 5.71. The standard InChI is InChI=1S/C11H18N4OS/c1-7-8(2)14-15-11(9(7)10(12)17)13-5-4-6-16-3/h4-6H2,1-3H3,(H2,12,17)(H,13,15). The smallest absolute Gasteiger partial charge is 0.159 e. The highest BCUT2D eigenvalue weighted by atomic mass is 32.1. The van der Waals surface area contributed by atoms with Gasteiger partial charge in [0, 0.05) is 20.3 Å². The van der Waals surface area contributed by atoms with E-state index < -0.39 is 0 Å². The van der Waals surface area contributed by atoms with Gasteiger partial charge in [-0.05, 0) is 25.8 Å². The summed E-state index contributed by atoms with van der Waals surface area (Å²) in [6.45, 7) is 5.28. The lowest BCUT2D eigenvalue weighted by Gasteiger charge is -2.12. The Labute approximate surface area is 107 Å². The van der Waals surface area contributed by atoms with Gasteiger partial charge in [-0.2, -0.15) is 5.10 Å². The number of nitrogens with one attached hydrogen (secondary N) is 1. The Hall–Kier alpha value is -1.27. The van der Waals surface area contributed by atoms with E-state index in [1.54, 1.807) is 7.11 Å². The number of hydrogen-bond acceptors (Lipinski definition) is 5. The molecule has 0 aliphatic carbocycles. The summed E-state index contributed by atoms with van der Waals surface area (Å²) < 4.78 is 4.97. The fraction of sp³-hybridized carbons (Fsp3) is 0.545. The van der Waals surface area contributed by atoms with E-state index in [9.17, 15) is 0 Å². The van der Waals surface area contributed by atoms with E-state index in [1.165, 1.54) is 0 Å². The highest BCUT2D eigenvalue weighted by Crippen LogP contribution is 2.18. The second kappa shape index (κ2) is 6.46. The molecule has 0 aliphatic heterocycles. The quantitative estimate of drug-likeness (QED) is 0.586. The van der Waals surface area contributed by atoms with Crippen molar-refractivity contribution in [2.24, 2.45) is 5.73 Å². The largest absolute Gasteiger partial charge is 0.389 e. The lowest BCUT2D eigenvalue weighted by Crippen LogP contribution is -2.18. The van der Waals surface area contributed by atoms with Gasteiger partial charge in [0.25, 0.3) is 0 Å². The molecule has 17 heavy (non-hydrogen) atoms. The molecule has 3 N–H and O–H groups in total. The van der Waals surface area contributed by atoms with Gasteiger partial charge in [0.15, 0.2) is 5.82 Å². The van der Waals surface area contributed by atoms with Crippen LogP contribution in [0, 0.1) is 13.8 Å². The Morgan fingerprint density at radius 2 is 2.12 bits per heavy atom. The first-order valence-corrected chi connectivity index (χ1v) is 5.85. The number of aromatic nitrogens is 2. The number of rotatable bonds is 6. The lowest BCUT2D eigenvalue weighted by molar-refractivity contribution is 0.197. The second-order valence-electron chi connectivity index (χ2n) is 3.77. The van der Waals surface area contributed by atoms with Gasteiger partial charge < -0.3 is 15.8 Å². The summed E-state index contributed by atoms with van der Waals surface area (Å²) in [4.78, 5) is 0.342. The van der Waals surface area contributed by atoms with Gasteiger partial charge in [-0.3, -0.25) is 0 Å². The van der Waals surface area contributed by atoms with Crippen LogP contribution in [0.4, 0.5) is 5.82 Å². The predicted molar refractivity (Wildman–Crippen MR) is 72.4 cm³/mol. The van der Waals surface area contributed by atoms with Gasteiger partial charge >= 0.3 is 0 Å². The van der Waals surface area contributed by atoms with Crippen LogP contribution in [-0.4, -0.2) is 35.4 Å². The van der Waals surface area contributed by atoms with Crippen LogP contribution in [0.1, 0.15) is 23.2 Å². The highest BCUT2D eigenvalue weighted by molar-refractivity contribution is 7.80. The van der Waals surface area contributed by atoms with Crippen LogP contribution in [-0.2, 0) is 4.74 Å². The van der Waals surface area contributed by atoms with Crippen molar-refractivity contribution in [3.8, 4) is 0 Å². The fourth-order valence-electron chi connectivity index (χ4n) is 1.46. The molecule has 1 aromatic rings. The summed E-state index contributed by atoms with van der Waals surface area (Å²) >= 11 is 5.04. The molecule has 0 spiro atoms. The minimum Gasteiger partial charge on any atom is -0.389 e. The minimum absolute atomic E-state index is 0.342. The Morgan fingerprint density at radius 3 is 2.71 bits per heavy atom. The van der Waals surface area contributed by atoms with Gasteiger partial charge in [-0.15, -0.1) is 5.10 Å². The van der Waals surface area contributed by atoms with E-state index in [2.05, 4.69) is 15.5 Å². The first-order chi connectivity index (χ1) is 8.07. The number of nitrogens with zero attached hydrogens (tertiary/aromatic N) is 2. The Bertz CT molecular complexity index is 409. The van der Waals surface area contributed by atoms with Crippen LogP contribution in [0.3, 0.4) is 0 Å². The Kier molecular flexibility index (Phi) is 5.24. The van der Waals surface area contributed by atoms with Gasteiger partial charge in [-0.1, -0.05) is 12.2 Å². The number of ether oxygens (including phenoxy) is 1. The summed E-state index contributed by atoms with van der Waals surface area (Å²) in [5.74, 6) is 0.650. The third-order valence-electron chi connectivity index (χ3n) is 2.52. The van der Waals surface area contributed by atoms with Crippen LogP contribution in [0.2, 0.25) is 0 Å². The molecule has 0 atom stereocenters. The number of aryl methyl sites for hydroxylation is 1. The maximum atomic E-state index is 5.71. The first kappa shape index (κ1) is 13.8. The van der Waals surface area contributed by atoms with Crippen molar-refractivity contribution < 1.29 is 4.74 Å². The SMILES string of the molecule is COCCCNc1nnc(C)c(C)c1C(N)=S. The molecule has 0 radical (unpaired) electrons. The van der Waals surface area contributed by atoms with Gasteiger partial charge in [0.05, 0.1) is 11.3 Å². The van der Waals surface area contributed by atoms with E-state index in [1.807, 2.05) is 13.8 Å². The van der Waals surface area contributed by atoms with Crippen molar-refractivity contribution in [2.75, 3.05) is 25.6 Å². The average molecular weight is 254 g/mol. The Morgan fingerprint density at radius 1 is 1.41 bits per heavy atom. The van der Waals surface area contributed by atoms with Gasteiger partial charge in [-0.25, -0.2) is 0 Å². The van der Waals surface area contributed by atoms with Gasteiger partial charge in [0.1, 0.15) is 4.99 Å². The first-order valence-electron chi connectivity index (χ1n) is 5.44. The highest BCUT2D eigenvalue weighted by Gasteiger charge is 2.12. The molecule has 6 heteroatoms. The maximum Gasteiger partial charge on any atom is 0.159 e. The monoisotopic (exact) mass is 254 g/mol. The van der Waals surface area contributed by atoms with Crippen molar-refractivity contribution >= 4 is 23.0 Å². The third kappa shape index (κ3) is 3.61. The number of methoxy groups -OCH3 is 1. The summed E-state index contributed by atoms with van der Waals surface area (Å²) in [6, 6.07) is 0. The molecule has 0 saturated heterocycles. The Balaban J connectivity index is 2.84. The second-order valence-corrected chi connectivity index (χ2v) is 4.21. The number of anilines is 1. The molecular weight excluding hydrogens is 236 g/mol. The van der Waals surface area contributed by atoms with Crippen LogP contribution in [0.5, 0.6) is 0 Å². The lowest BCUT2D eigenvalue weighted by atomic mass is 10.1. The summed E-state index contributed by atoms with van der Waals surface area (Å²) in [7, 11) is 1.68. The number of nitrogens with two attached hydrogens (primary N) is 1. The zero-order valence-corrected chi connectivity index (χ0v) is 11.2. The van der Waals surface area contributed by atoms with E-state index in [4.69, 9.17) is 22.7 Å². The summed E-state index contributed by atoms with van der Waals surface area (Å²) in [5.41, 5.74) is 8.31. The molecule has 0 bridgehead atoms. The van der Waals surface area contributed by atoms with Crippen molar-refractivity contribution in [3.05, 3.63) is 16.8 Å². The molecule has 0 amide bonds. The topological polar surface area (TPSA) is 73.1 Å². The van der Waals surface area contributed by atoms with Crippen LogP contribution in [0.25, 0.3) is 0 Å². The molecular formula is C11H18N4OS. The summed E-state index contributed by atoms with van der Waals surface area (Å²) in [6.07, 6.45) is 0.891. The van der Waals surface area contributed by atoms with E-state index in [0.717, 1.165) is 29.8 Å². The minimum atomic E-state index is 0.342. The molecule has 1 aromatic heterocycles. The van der Waals surface area contributed by atoms with Gasteiger partial charge in [0.2, 0.25) is 0 Å². The van der Waals surface area contributed by atoms with Crippen LogP contribution in [0.15, 0.2) is 0 Å². The zero-order valence-electron chi connectivity index (χ0n) is 10.4. The molecule has 0 fully saturated rings. The molecule has 0 saturated carbocycles.